The summed E-state index contributed by atoms with van der Waals surface area (Å²) in [5.41, 5.74) is 13.7. The van der Waals surface area contributed by atoms with Gasteiger partial charge < -0.3 is 15.8 Å². The third-order valence-corrected chi connectivity index (χ3v) is 4.91. The zero-order valence-electron chi connectivity index (χ0n) is 20.5. The number of amidine groups is 1. The molecule has 0 aliphatic carbocycles. The maximum atomic E-state index is 12.2. The first-order valence-electron chi connectivity index (χ1n) is 11.2. The number of allylic oxidation sites excluding steroid dienone is 1. The van der Waals surface area contributed by atoms with Gasteiger partial charge in [-0.15, -0.1) is 13.2 Å². The van der Waals surface area contributed by atoms with Crippen LogP contribution >= 0.6 is 12.2 Å². The normalized spacial score (nSPS) is 12.0. The van der Waals surface area contributed by atoms with Crippen molar-refractivity contribution < 1.29 is 17.9 Å². The Bertz CT molecular complexity index is 1360. The molecule has 0 saturated heterocycles. The molecule has 0 amide bonds. The summed E-state index contributed by atoms with van der Waals surface area (Å²) in [6, 6.07) is 20.0. The van der Waals surface area contributed by atoms with Crippen molar-refractivity contribution in [2.75, 3.05) is 5.32 Å². The summed E-state index contributed by atoms with van der Waals surface area (Å²) in [5.74, 6) is -0.117. The number of hydrogen-bond acceptors (Lipinski definition) is 4. The number of nitrogens with zero attached hydrogens (tertiary/aromatic N) is 3. The van der Waals surface area contributed by atoms with Gasteiger partial charge in [0.05, 0.1) is 11.9 Å². The number of benzene rings is 3. The average molecular weight is 539 g/mol. The molecule has 0 aromatic heterocycles. The van der Waals surface area contributed by atoms with Crippen molar-refractivity contribution in [3.8, 4) is 5.75 Å². The van der Waals surface area contributed by atoms with Crippen molar-refractivity contribution in [3.63, 3.8) is 0 Å². The SMILES string of the molecule is CC(C)=Cc1ccccc1NC(=S)N/N=C/c1ccc(C(N)=NC=Nc2ccc(OC(F)(F)F)cc2)cc1. The van der Waals surface area contributed by atoms with Crippen LogP contribution in [0.25, 0.3) is 6.08 Å². The summed E-state index contributed by atoms with van der Waals surface area (Å²) >= 11 is 5.33. The molecule has 0 radical (unpaired) electrons. The largest absolute Gasteiger partial charge is 0.573 e. The van der Waals surface area contributed by atoms with Crippen molar-refractivity contribution in [2.24, 2.45) is 20.8 Å². The minimum Gasteiger partial charge on any atom is -0.406 e. The smallest absolute Gasteiger partial charge is 0.406 e. The number of aliphatic imine (C=N–C) groups is 2. The summed E-state index contributed by atoms with van der Waals surface area (Å²) in [6.45, 7) is 4.05. The number of ether oxygens (including phenoxy) is 1. The van der Waals surface area contributed by atoms with Gasteiger partial charge in [-0.25, -0.2) is 9.98 Å². The molecule has 0 saturated carbocycles. The van der Waals surface area contributed by atoms with E-state index in [1.54, 1.807) is 30.5 Å². The summed E-state index contributed by atoms with van der Waals surface area (Å²) < 4.78 is 40.5. The molecular weight excluding hydrogens is 513 g/mol. The molecule has 0 unspecified atom stereocenters. The molecule has 0 atom stereocenters. The zero-order chi connectivity index (χ0) is 27.5. The Morgan fingerprint density at radius 1 is 0.974 bits per heavy atom. The number of alkyl halides is 3. The van der Waals surface area contributed by atoms with E-state index in [4.69, 9.17) is 18.0 Å². The summed E-state index contributed by atoms with van der Waals surface area (Å²) in [4.78, 5) is 8.12. The number of anilines is 1. The van der Waals surface area contributed by atoms with Crippen LogP contribution in [0.2, 0.25) is 0 Å². The second-order valence-corrected chi connectivity index (χ2v) is 8.46. The lowest BCUT2D eigenvalue weighted by Crippen LogP contribution is -2.24. The fraction of sp³-hybridized carbons (Fsp3) is 0.111. The van der Waals surface area contributed by atoms with E-state index < -0.39 is 6.36 Å². The van der Waals surface area contributed by atoms with E-state index in [-0.39, 0.29) is 11.6 Å². The van der Waals surface area contributed by atoms with Gasteiger partial charge in [-0.05, 0) is 67.5 Å². The molecule has 0 aliphatic rings. The number of para-hydroxylation sites is 1. The molecule has 0 heterocycles. The highest BCUT2D eigenvalue weighted by Crippen LogP contribution is 2.24. The highest BCUT2D eigenvalue weighted by atomic mass is 32.1. The van der Waals surface area contributed by atoms with Gasteiger partial charge in [-0.2, -0.15) is 5.10 Å². The van der Waals surface area contributed by atoms with Crippen LogP contribution in [0.15, 0.2) is 93.5 Å². The first-order chi connectivity index (χ1) is 18.1. The predicted octanol–water partition coefficient (Wildman–Crippen LogP) is 6.39. The molecule has 0 aliphatic heterocycles. The van der Waals surface area contributed by atoms with E-state index in [9.17, 15) is 13.2 Å². The first-order valence-corrected chi connectivity index (χ1v) is 11.7. The monoisotopic (exact) mass is 538 g/mol. The van der Waals surface area contributed by atoms with E-state index in [0.717, 1.165) is 28.9 Å². The highest BCUT2D eigenvalue weighted by Gasteiger charge is 2.30. The third-order valence-electron chi connectivity index (χ3n) is 4.71. The van der Waals surface area contributed by atoms with Crippen LogP contribution in [0.1, 0.15) is 30.5 Å². The Kier molecular flexibility index (Phi) is 9.72. The standard InChI is InChI=1S/C27H25F3N6OS/c1-18(2)15-21-5-3-4-6-24(21)35-26(38)36-34-16-19-7-9-20(10-8-19)25(31)33-17-32-22-11-13-23(14-12-22)37-27(28,29)30/h3-17H,1-2H3,(H2,31,32,33)(H2,35,36,38)/b34-16+. The molecule has 3 rings (SSSR count). The van der Waals surface area contributed by atoms with Crippen LogP contribution in [0, 0.1) is 0 Å². The van der Waals surface area contributed by atoms with Gasteiger partial charge in [0.1, 0.15) is 17.9 Å². The fourth-order valence-electron chi connectivity index (χ4n) is 3.07. The first kappa shape index (κ1) is 28.1. The Labute approximate surface area is 223 Å². The molecule has 3 aromatic rings. The second kappa shape index (κ2) is 13.2. The fourth-order valence-corrected chi connectivity index (χ4v) is 3.23. The van der Waals surface area contributed by atoms with Gasteiger partial charge in [0.25, 0.3) is 0 Å². The highest BCUT2D eigenvalue weighted by molar-refractivity contribution is 7.80. The van der Waals surface area contributed by atoms with Gasteiger partial charge in [0.15, 0.2) is 5.11 Å². The average Bonchev–Trinajstić information content (AvgIpc) is 2.85. The van der Waals surface area contributed by atoms with Crippen molar-refractivity contribution in [2.45, 2.75) is 20.2 Å². The summed E-state index contributed by atoms with van der Waals surface area (Å²) in [6.07, 6.45) is 0.146. The number of nitrogens with two attached hydrogens (primary N) is 1. The van der Waals surface area contributed by atoms with Crippen LogP contribution in [0.4, 0.5) is 24.5 Å². The number of thiocarbonyl (C=S) groups is 1. The number of nitrogens with one attached hydrogen (secondary N) is 2. The predicted molar refractivity (Wildman–Crippen MR) is 151 cm³/mol. The molecule has 38 heavy (non-hydrogen) atoms. The number of rotatable bonds is 8. The zero-order valence-corrected chi connectivity index (χ0v) is 21.3. The molecule has 196 valence electrons. The van der Waals surface area contributed by atoms with Crippen LogP contribution in [0.5, 0.6) is 5.75 Å². The van der Waals surface area contributed by atoms with Crippen molar-refractivity contribution in [1.29, 1.82) is 0 Å². The van der Waals surface area contributed by atoms with Crippen LogP contribution < -0.4 is 21.2 Å². The van der Waals surface area contributed by atoms with E-state index >= 15 is 0 Å². The van der Waals surface area contributed by atoms with Gasteiger partial charge in [-0.3, -0.25) is 5.43 Å². The van der Waals surface area contributed by atoms with Crippen LogP contribution in [-0.2, 0) is 0 Å². The molecule has 0 spiro atoms. The van der Waals surface area contributed by atoms with E-state index in [2.05, 4.69) is 36.6 Å². The number of halogens is 3. The van der Waals surface area contributed by atoms with E-state index in [1.807, 2.05) is 38.1 Å². The molecule has 0 fully saturated rings. The molecule has 7 nitrogen and oxygen atoms in total. The maximum absolute atomic E-state index is 12.2. The Hall–Kier alpha value is -4.51. The van der Waals surface area contributed by atoms with Crippen LogP contribution in [-0.4, -0.2) is 29.9 Å². The van der Waals surface area contributed by atoms with Crippen LogP contribution in [0.3, 0.4) is 0 Å². The molecular formula is C27H25F3N6OS. The van der Waals surface area contributed by atoms with E-state index in [1.165, 1.54) is 24.0 Å². The maximum Gasteiger partial charge on any atom is 0.573 e. The summed E-state index contributed by atoms with van der Waals surface area (Å²) in [5, 5.41) is 7.65. The molecule has 11 heteroatoms. The van der Waals surface area contributed by atoms with Gasteiger partial charge in [0, 0.05) is 11.3 Å². The van der Waals surface area contributed by atoms with E-state index in [0.29, 0.717) is 16.4 Å². The van der Waals surface area contributed by atoms with Crippen molar-refractivity contribution in [1.82, 2.24) is 5.43 Å². The molecule has 0 bridgehead atoms. The van der Waals surface area contributed by atoms with Gasteiger partial charge in [0.2, 0.25) is 0 Å². The Balaban J connectivity index is 1.53. The van der Waals surface area contributed by atoms with Crippen molar-refractivity contribution >= 4 is 53.2 Å². The lowest BCUT2D eigenvalue weighted by atomic mass is 10.1. The third kappa shape index (κ3) is 9.51. The minimum atomic E-state index is -4.75. The lowest BCUT2D eigenvalue weighted by molar-refractivity contribution is -0.274. The number of hydrazone groups is 1. The topological polar surface area (TPSA) is 96.4 Å². The van der Waals surface area contributed by atoms with Gasteiger partial charge >= 0.3 is 6.36 Å². The minimum absolute atomic E-state index is 0.216. The lowest BCUT2D eigenvalue weighted by Gasteiger charge is -2.10. The second-order valence-electron chi connectivity index (χ2n) is 8.06. The quantitative estimate of drug-likeness (QED) is 0.134. The molecule has 4 N–H and O–H groups in total. The Morgan fingerprint density at radius 2 is 1.66 bits per heavy atom. The Morgan fingerprint density at radius 3 is 2.32 bits per heavy atom. The van der Waals surface area contributed by atoms with Crippen molar-refractivity contribution in [3.05, 3.63) is 95.1 Å². The van der Waals surface area contributed by atoms with Gasteiger partial charge in [-0.1, -0.05) is 54.1 Å². The number of hydrogen-bond donors (Lipinski definition) is 3. The summed E-state index contributed by atoms with van der Waals surface area (Å²) in [7, 11) is 0. The molecule has 3 aromatic carbocycles.